The van der Waals surface area contributed by atoms with Crippen LogP contribution in [0.2, 0.25) is 0 Å². The highest BCUT2D eigenvalue weighted by atomic mass is 16.5. The summed E-state index contributed by atoms with van der Waals surface area (Å²) in [5.41, 5.74) is 2.38. The fraction of sp³-hybridized carbons (Fsp3) is 0.409. The van der Waals surface area contributed by atoms with Gasteiger partial charge in [-0.2, -0.15) is 0 Å². The molecule has 3 rings (SSSR count). The Morgan fingerprint density at radius 3 is 2.46 bits per heavy atom. The van der Waals surface area contributed by atoms with Crippen LogP contribution in [-0.4, -0.2) is 37.4 Å². The average molecular weight is 384 g/mol. The maximum atomic E-state index is 12.8. The lowest BCUT2D eigenvalue weighted by molar-refractivity contribution is 0.0951. The zero-order chi connectivity index (χ0) is 19.9. The number of hydrogen-bond donors (Lipinski definition) is 3. The number of nitrogens with one attached hydrogen (secondary N) is 2. The quantitative estimate of drug-likeness (QED) is 0.682. The van der Waals surface area contributed by atoms with Crippen LogP contribution in [0.5, 0.6) is 11.5 Å². The molecule has 0 radical (unpaired) electrons. The summed E-state index contributed by atoms with van der Waals surface area (Å²) >= 11 is 0. The number of hydrogen-bond acceptors (Lipinski definition) is 5. The molecule has 1 amide bonds. The molecule has 2 aromatic carbocycles. The van der Waals surface area contributed by atoms with Gasteiger partial charge in [0.15, 0.2) is 11.5 Å². The lowest BCUT2D eigenvalue weighted by atomic mass is 9.93. The van der Waals surface area contributed by atoms with Crippen molar-refractivity contribution in [3.05, 3.63) is 53.6 Å². The Labute approximate surface area is 165 Å². The molecule has 3 N–H and O–H groups in total. The molecule has 0 aromatic heterocycles. The van der Waals surface area contributed by atoms with E-state index < -0.39 is 0 Å². The van der Waals surface area contributed by atoms with Gasteiger partial charge in [-0.1, -0.05) is 18.2 Å². The van der Waals surface area contributed by atoms with Crippen LogP contribution >= 0.6 is 0 Å². The molecule has 0 spiro atoms. The number of anilines is 1. The molecule has 1 saturated carbocycles. The van der Waals surface area contributed by atoms with E-state index in [1.54, 1.807) is 14.2 Å². The molecule has 0 saturated heterocycles. The molecule has 6 heteroatoms. The predicted octanol–water partition coefficient (Wildman–Crippen LogP) is 3.35. The molecule has 0 unspecified atom stereocenters. The summed E-state index contributed by atoms with van der Waals surface area (Å²) < 4.78 is 10.6. The lowest BCUT2D eigenvalue weighted by Crippen LogP contribution is -2.30. The third kappa shape index (κ3) is 4.95. The molecule has 6 nitrogen and oxygen atoms in total. The van der Waals surface area contributed by atoms with Gasteiger partial charge < -0.3 is 25.2 Å². The summed E-state index contributed by atoms with van der Waals surface area (Å²) in [6.07, 6.45) is 3.21. The summed E-state index contributed by atoms with van der Waals surface area (Å²) in [5, 5.41) is 16.1. The molecule has 2 aromatic rings. The van der Waals surface area contributed by atoms with Gasteiger partial charge in [-0.25, -0.2) is 0 Å². The van der Waals surface area contributed by atoms with Gasteiger partial charge in [0.05, 0.1) is 25.9 Å². The molecule has 150 valence electrons. The summed E-state index contributed by atoms with van der Waals surface area (Å²) in [5.74, 6) is 1.16. The number of para-hydroxylation sites is 1. The van der Waals surface area contributed by atoms with Crippen molar-refractivity contribution in [3.8, 4) is 11.5 Å². The number of aliphatic hydroxyl groups is 1. The molecule has 1 fully saturated rings. The van der Waals surface area contributed by atoms with Crippen LogP contribution in [0.4, 0.5) is 5.69 Å². The van der Waals surface area contributed by atoms with E-state index in [0.29, 0.717) is 23.6 Å². The Balaban J connectivity index is 1.64. The molecule has 0 aliphatic heterocycles. The van der Waals surface area contributed by atoms with Gasteiger partial charge in [0.1, 0.15) is 0 Å². The van der Waals surface area contributed by atoms with E-state index in [-0.39, 0.29) is 18.1 Å². The minimum atomic E-state index is -0.196. The van der Waals surface area contributed by atoms with E-state index in [9.17, 15) is 9.90 Å². The fourth-order valence-electron chi connectivity index (χ4n) is 3.52. The van der Waals surface area contributed by atoms with Crippen molar-refractivity contribution in [1.82, 2.24) is 5.32 Å². The number of methoxy groups -OCH3 is 2. The van der Waals surface area contributed by atoms with E-state index in [2.05, 4.69) is 10.6 Å². The van der Waals surface area contributed by atoms with Crippen LogP contribution < -0.4 is 20.1 Å². The molecule has 1 aliphatic rings. The maximum absolute atomic E-state index is 12.8. The van der Waals surface area contributed by atoms with Gasteiger partial charge in [0.2, 0.25) is 0 Å². The summed E-state index contributed by atoms with van der Waals surface area (Å²) in [7, 11) is 3.18. The van der Waals surface area contributed by atoms with Crippen molar-refractivity contribution >= 4 is 11.6 Å². The molecular weight excluding hydrogens is 356 g/mol. The van der Waals surface area contributed by atoms with Crippen molar-refractivity contribution < 1.29 is 19.4 Å². The predicted molar refractivity (Wildman–Crippen MR) is 109 cm³/mol. The monoisotopic (exact) mass is 384 g/mol. The van der Waals surface area contributed by atoms with Gasteiger partial charge >= 0.3 is 0 Å². The third-order valence-corrected chi connectivity index (χ3v) is 5.13. The number of rotatable bonds is 7. The first-order valence-electron chi connectivity index (χ1n) is 9.63. The lowest BCUT2D eigenvalue weighted by Gasteiger charge is -2.27. The topological polar surface area (TPSA) is 79.8 Å². The second-order valence-corrected chi connectivity index (χ2v) is 7.07. The Kier molecular flexibility index (Phi) is 6.76. The number of aliphatic hydroxyl groups excluding tert-OH is 1. The molecule has 0 heterocycles. The van der Waals surface area contributed by atoms with E-state index >= 15 is 0 Å². The normalized spacial score (nSPS) is 19.0. The van der Waals surface area contributed by atoms with Crippen molar-refractivity contribution in [1.29, 1.82) is 0 Å². The van der Waals surface area contributed by atoms with Crippen LogP contribution in [0.25, 0.3) is 0 Å². The van der Waals surface area contributed by atoms with Gasteiger partial charge in [-0.3, -0.25) is 4.79 Å². The highest BCUT2D eigenvalue weighted by Crippen LogP contribution is 2.28. The first-order valence-corrected chi connectivity index (χ1v) is 9.63. The Morgan fingerprint density at radius 2 is 1.75 bits per heavy atom. The number of amides is 1. The van der Waals surface area contributed by atoms with Crippen LogP contribution in [0.1, 0.15) is 41.6 Å². The minimum Gasteiger partial charge on any atom is -0.493 e. The largest absolute Gasteiger partial charge is 0.493 e. The smallest absolute Gasteiger partial charge is 0.253 e. The van der Waals surface area contributed by atoms with Crippen molar-refractivity contribution in [2.75, 3.05) is 19.5 Å². The second-order valence-electron chi connectivity index (χ2n) is 7.07. The average Bonchev–Trinajstić information content (AvgIpc) is 2.73. The van der Waals surface area contributed by atoms with Crippen molar-refractivity contribution in [3.63, 3.8) is 0 Å². The number of benzene rings is 2. The number of carbonyl (C=O) groups excluding carboxylic acids is 1. The molecule has 28 heavy (non-hydrogen) atoms. The minimum absolute atomic E-state index is 0.131. The zero-order valence-corrected chi connectivity index (χ0v) is 16.4. The Morgan fingerprint density at radius 1 is 1.04 bits per heavy atom. The summed E-state index contributed by atoms with van der Waals surface area (Å²) in [4.78, 5) is 12.8. The van der Waals surface area contributed by atoms with Gasteiger partial charge in [-0.15, -0.1) is 0 Å². The van der Waals surface area contributed by atoms with E-state index in [4.69, 9.17) is 9.47 Å². The first-order chi connectivity index (χ1) is 13.6. The second kappa shape index (κ2) is 9.46. The van der Waals surface area contributed by atoms with Crippen LogP contribution in [0.15, 0.2) is 42.5 Å². The summed E-state index contributed by atoms with van der Waals surface area (Å²) in [6.45, 7) is 0.392. The van der Waals surface area contributed by atoms with Crippen LogP contribution in [0, 0.1) is 0 Å². The van der Waals surface area contributed by atoms with E-state index in [1.807, 2.05) is 42.5 Å². The van der Waals surface area contributed by atoms with E-state index in [1.165, 1.54) is 0 Å². The molecule has 1 aliphatic carbocycles. The highest BCUT2D eigenvalue weighted by molar-refractivity contribution is 5.99. The maximum Gasteiger partial charge on any atom is 0.253 e. The van der Waals surface area contributed by atoms with Crippen molar-refractivity contribution in [2.24, 2.45) is 0 Å². The third-order valence-electron chi connectivity index (χ3n) is 5.13. The molecule has 0 bridgehead atoms. The van der Waals surface area contributed by atoms with Gasteiger partial charge in [0.25, 0.3) is 5.91 Å². The fourth-order valence-corrected chi connectivity index (χ4v) is 3.52. The Hall–Kier alpha value is -2.73. The molecule has 0 atom stereocenters. The standard InChI is InChI=1S/C22H28N2O4/c1-27-20-12-7-15(13-21(20)28-2)14-23-22(26)18-5-3-4-6-19(18)24-16-8-10-17(25)11-9-16/h3-7,12-13,16-17,24-25H,8-11,14H2,1-2H3,(H,23,26). The highest BCUT2D eigenvalue weighted by Gasteiger charge is 2.21. The first kappa shape index (κ1) is 20.0. The number of carbonyl (C=O) groups is 1. The Bertz CT molecular complexity index is 801. The van der Waals surface area contributed by atoms with Gasteiger partial charge in [-0.05, 0) is 55.5 Å². The van der Waals surface area contributed by atoms with Crippen LogP contribution in [-0.2, 0) is 6.54 Å². The van der Waals surface area contributed by atoms with Crippen molar-refractivity contribution in [2.45, 2.75) is 44.4 Å². The number of ether oxygens (including phenoxy) is 2. The zero-order valence-electron chi connectivity index (χ0n) is 16.4. The van der Waals surface area contributed by atoms with Gasteiger partial charge in [0, 0.05) is 18.3 Å². The van der Waals surface area contributed by atoms with Crippen LogP contribution in [0.3, 0.4) is 0 Å². The molecular formula is C22H28N2O4. The summed E-state index contributed by atoms with van der Waals surface area (Å²) in [6, 6.07) is 13.4. The SMILES string of the molecule is COc1ccc(CNC(=O)c2ccccc2NC2CCC(O)CC2)cc1OC. The van der Waals surface area contributed by atoms with E-state index in [0.717, 1.165) is 36.9 Å².